The first kappa shape index (κ1) is 24.1. The van der Waals surface area contributed by atoms with Gasteiger partial charge in [-0.15, -0.1) is 24.0 Å². The second kappa shape index (κ2) is 11.9. The minimum atomic E-state index is -3.21. The van der Waals surface area contributed by atoms with Crippen molar-refractivity contribution in [2.75, 3.05) is 45.5 Å². The van der Waals surface area contributed by atoms with Gasteiger partial charge in [-0.1, -0.05) is 19.3 Å². The van der Waals surface area contributed by atoms with Crippen LogP contribution in [0, 0.1) is 11.8 Å². The average molecular weight is 528 g/mol. The summed E-state index contributed by atoms with van der Waals surface area (Å²) in [4.78, 5) is 6.82. The van der Waals surface area contributed by atoms with E-state index < -0.39 is 10.0 Å². The van der Waals surface area contributed by atoms with Gasteiger partial charge < -0.3 is 15.5 Å². The summed E-state index contributed by atoms with van der Waals surface area (Å²) in [6, 6.07) is 0.394. The standard InChI is InChI=1S/C19H37N5O2S.HI/c1-20-19(21-10-12-27(25,26)22-13-16-7-4-8-16)23-18-9-11-24(15-18)14-17-5-2-3-6-17;/h16-18,22H,2-15H2,1H3,(H2,20,21,23);1H. The molecule has 3 fully saturated rings. The first-order valence-corrected chi connectivity index (χ1v) is 12.4. The molecule has 1 atom stereocenters. The molecule has 1 heterocycles. The number of aliphatic imine (C=N–C) groups is 1. The maximum atomic E-state index is 12.1. The normalized spacial score (nSPS) is 24.8. The quantitative estimate of drug-likeness (QED) is 0.242. The molecule has 7 nitrogen and oxygen atoms in total. The summed E-state index contributed by atoms with van der Waals surface area (Å²) in [7, 11) is -1.47. The second-order valence-electron chi connectivity index (χ2n) is 8.50. The van der Waals surface area contributed by atoms with Gasteiger partial charge in [0.1, 0.15) is 0 Å². The molecule has 3 aliphatic rings. The van der Waals surface area contributed by atoms with Crippen molar-refractivity contribution < 1.29 is 8.42 Å². The Morgan fingerprint density at radius 2 is 1.79 bits per heavy atom. The molecule has 3 rings (SSSR count). The van der Waals surface area contributed by atoms with E-state index in [9.17, 15) is 8.42 Å². The summed E-state index contributed by atoms with van der Waals surface area (Å²) in [6.45, 7) is 4.39. The van der Waals surface area contributed by atoms with Gasteiger partial charge in [0, 0.05) is 45.8 Å². The molecule has 2 aliphatic carbocycles. The summed E-state index contributed by atoms with van der Waals surface area (Å²) in [5.41, 5.74) is 0. The van der Waals surface area contributed by atoms with Crippen LogP contribution in [0.5, 0.6) is 0 Å². The Hall–Kier alpha value is -0.130. The van der Waals surface area contributed by atoms with Crippen LogP contribution in [-0.4, -0.2) is 70.8 Å². The number of nitrogens with one attached hydrogen (secondary N) is 3. The van der Waals surface area contributed by atoms with Crippen LogP contribution in [0.25, 0.3) is 0 Å². The lowest BCUT2D eigenvalue weighted by atomic mass is 9.86. The van der Waals surface area contributed by atoms with Gasteiger partial charge in [-0.3, -0.25) is 4.99 Å². The smallest absolute Gasteiger partial charge is 0.213 e. The third kappa shape index (κ3) is 7.95. The van der Waals surface area contributed by atoms with Crippen LogP contribution in [0.1, 0.15) is 51.4 Å². The van der Waals surface area contributed by atoms with E-state index in [1.807, 2.05) is 0 Å². The van der Waals surface area contributed by atoms with Crippen molar-refractivity contribution in [1.82, 2.24) is 20.3 Å². The van der Waals surface area contributed by atoms with E-state index in [1.165, 1.54) is 38.6 Å². The first-order valence-electron chi connectivity index (χ1n) is 10.7. The minimum absolute atomic E-state index is 0. The molecule has 0 amide bonds. The third-order valence-corrected chi connectivity index (χ3v) is 7.66. The summed E-state index contributed by atoms with van der Waals surface area (Å²) in [5, 5.41) is 6.61. The summed E-state index contributed by atoms with van der Waals surface area (Å²) < 4.78 is 26.9. The maximum Gasteiger partial charge on any atom is 0.213 e. The summed E-state index contributed by atoms with van der Waals surface area (Å²) in [6.07, 6.45) is 10.2. The van der Waals surface area contributed by atoms with E-state index in [0.717, 1.165) is 38.3 Å². The molecule has 0 spiro atoms. The van der Waals surface area contributed by atoms with E-state index in [2.05, 4.69) is 25.2 Å². The SMILES string of the molecule is CN=C(NCCS(=O)(=O)NCC1CCC1)NC1CCN(CC2CCCC2)C1.I. The molecule has 0 aromatic carbocycles. The Morgan fingerprint density at radius 3 is 2.43 bits per heavy atom. The highest BCUT2D eigenvalue weighted by atomic mass is 127. The van der Waals surface area contributed by atoms with Crippen molar-refractivity contribution in [1.29, 1.82) is 0 Å². The zero-order chi connectivity index (χ0) is 19.1. The van der Waals surface area contributed by atoms with E-state index in [0.29, 0.717) is 31.0 Å². The van der Waals surface area contributed by atoms with Gasteiger partial charge in [0.15, 0.2) is 5.96 Å². The number of hydrogen-bond acceptors (Lipinski definition) is 4. The third-order valence-electron chi connectivity index (χ3n) is 6.31. The van der Waals surface area contributed by atoms with Crippen molar-refractivity contribution in [2.24, 2.45) is 16.8 Å². The van der Waals surface area contributed by atoms with Crippen LogP contribution >= 0.6 is 24.0 Å². The Morgan fingerprint density at radius 1 is 1.07 bits per heavy atom. The molecule has 1 unspecified atom stereocenters. The van der Waals surface area contributed by atoms with Crippen LogP contribution in [0.15, 0.2) is 4.99 Å². The number of nitrogens with zero attached hydrogens (tertiary/aromatic N) is 2. The predicted octanol–water partition coefficient (Wildman–Crippen LogP) is 1.75. The lowest BCUT2D eigenvalue weighted by molar-refractivity contribution is 0.275. The molecule has 0 bridgehead atoms. The van der Waals surface area contributed by atoms with Crippen molar-refractivity contribution in [2.45, 2.75) is 57.4 Å². The molecule has 1 saturated heterocycles. The Balaban J connectivity index is 0.00000280. The monoisotopic (exact) mass is 527 g/mol. The van der Waals surface area contributed by atoms with Crippen molar-refractivity contribution in [3.63, 3.8) is 0 Å². The number of hydrogen-bond donors (Lipinski definition) is 3. The van der Waals surface area contributed by atoms with Crippen molar-refractivity contribution in [3.8, 4) is 0 Å². The molecule has 9 heteroatoms. The molecule has 164 valence electrons. The zero-order valence-electron chi connectivity index (χ0n) is 17.2. The predicted molar refractivity (Wildman–Crippen MR) is 126 cm³/mol. The van der Waals surface area contributed by atoms with Crippen molar-refractivity contribution in [3.05, 3.63) is 0 Å². The topological polar surface area (TPSA) is 85.8 Å². The number of guanidine groups is 1. The largest absolute Gasteiger partial charge is 0.355 e. The average Bonchev–Trinajstić information content (AvgIpc) is 3.25. The highest BCUT2D eigenvalue weighted by Gasteiger charge is 2.26. The van der Waals surface area contributed by atoms with Gasteiger partial charge in [0.05, 0.1) is 5.75 Å². The lowest BCUT2D eigenvalue weighted by Crippen LogP contribution is -2.46. The fourth-order valence-electron chi connectivity index (χ4n) is 4.38. The Labute approximate surface area is 188 Å². The van der Waals surface area contributed by atoms with Gasteiger partial charge >= 0.3 is 0 Å². The number of sulfonamides is 1. The molecule has 0 aromatic rings. The highest BCUT2D eigenvalue weighted by molar-refractivity contribution is 14.0. The van der Waals surface area contributed by atoms with Gasteiger partial charge in [-0.05, 0) is 43.9 Å². The van der Waals surface area contributed by atoms with E-state index in [-0.39, 0.29) is 29.7 Å². The van der Waals surface area contributed by atoms with Crippen LogP contribution in [0.2, 0.25) is 0 Å². The van der Waals surface area contributed by atoms with Gasteiger partial charge in [-0.2, -0.15) is 0 Å². The summed E-state index contributed by atoms with van der Waals surface area (Å²) >= 11 is 0. The fraction of sp³-hybridized carbons (Fsp3) is 0.947. The molecule has 3 N–H and O–H groups in total. The minimum Gasteiger partial charge on any atom is -0.355 e. The number of rotatable bonds is 9. The molecule has 0 aromatic heterocycles. The van der Waals surface area contributed by atoms with Crippen LogP contribution in [0.3, 0.4) is 0 Å². The molecule has 0 radical (unpaired) electrons. The molecule has 28 heavy (non-hydrogen) atoms. The van der Waals surface area contributed by atoms with Crippen molar-refractivity contribution >= 4 is 40.0 Å². The Kier molecular flexibility index (Phi) is 10.3. The van der Waals surface area contributed by atoms with Gasteiger partial charge in [0.25, 0.3) is 0 Å². The number of likely N-dealkylation sites (tertiary alicyclic amines) is 1. The second-order valence-corrected chi connectivity index (χ2v) is 10.4. The Bertz CT molecular complexity index is 591. The number of halogens is 1. The highest BCUT2D eigenvalue weighted by Crippen LogP contribution is 2.27. The van der Waals surface area contributed by atoms with E-state index >= 15 is 0 Å². The first-order chi connectivity index (χ1) is 13.0. The van der Waals surface area contributed by atoms with Crippen LogP contribution < -0.4 is 15.4 Å². The van der Waals surface area contributed by atoms with E-state index in [4.69, 9.17) is 0 Å². The van der Waals surface area contributed by atoms with Crippen LogP contribution in [-0.2, 0) is 10.0 Å². The molecule has 2 saturated carbocycles. The van der Waals surface area contributed by atoms with Crippen LogP contribution in [0.4, 0.5) is 0 Å². The van der Waals surface area contributed by atoms with E-state index in [1.54, 1.807) is 7.05 Å². The lowest BCUT2D eigenvalue weighted by Gasteiger charge is -2.25. The molecular formula is C19H38IN5O2S. The summed E-state index contributed by atoms with van der Waals surface area (Å²) in [5.74, 6) is 2.21. The fourth-order valence-corrected chi connectivity index (χ4v) is 5.38. The zero-order valence-corrected chi connectivity index (χ0v) is 20.3. The van der Waals surface area contributed by atoms with Gasteiger partial charge in [0.2, 0.25) is 10.0 Å². The maximum absolute atomic E-state index is 12.1. The molecule has 1 aliphatic heterocycles. The molecular weight excluding hydrogens is 489 g/mol. The van der Waals surface area contributed by atoms with Gasteiger partial charge in [-0.25, -0.2) is 13.1 Å².